The second-order valence-electron chi connectivity index (χ2n) is 7.28. The van der Waals surface area contributed by atoms with Crippen LogP contribution < -0.4 is 5.32 Å². The van der Waals surface area contributed by atoms with Gasteiger partial charge >= 0.3 is 0 Å². The van der Waals surface area contributed by atoms with Gasteiger partial charge in [0.15, 0.2) is 5.13 Å². The number of carbonyl (C=O) groups is 1. The molecule has 3 aromatic rings. The number of epoxide rings is 1. The number of nitrogens with one attached hydrogen (secondary N) is 1. The molecule has 0 aliphatic carbocycles. The number of carbonyl (C=O) groups excluding carboxylic acids is 1. The van der Waals surface area contributed by atoms with Crippen LogP contribution in [-0.2, 0) is 19.6 Å². The SMILES string of the molecule is CC(=O)Nc1nc2ccc(-c3cccc(S(=O)(=O)N(CCO)CCC4CO4)c3)cc2s1. The highest BCUT2D eigenvalue weighted by Crippen LogP contribution is 2.32. The molecule has 164 valence electrons. The van der Waals surface area contributed by atoms with Crippen LogP contribution >= 0.6 is 11.3 Å². The summed E-state index contributed by atoms with van der Waals surface area (Å²) in [5.74, 6) is -0.183. The van der Waals surface area contributed by atoms with Crippen LogP contribution in [0.25, 0.3) is 21.3 Å². The summed E-state index contributed by atoms with van der Waals surface area (Å²) in [6.45, 7) is 2.19. The van der Waals surface area contributed by atoms with Crippen molar-refractivity contribution in [1.29, 1.82) is 0 Å². The lowest BCUT2D eigenvalue weighted by molar-refractivity contribution is -0.114. The molecule has 2 N–H and O–H groups in total. The highest BCUT2D eigenvalue weighted by atomic mass is 32.2. The molecule has 1 aromatic heterocycles. The summed E-state index contributed by atoms with van der Waals surface area (Å²) < 4.78 is 33.7. The second-order valence-corrected chi connectivity index (χ2v) is 10.3. The fraction of sp³-hybridized carbons (Fsp3) is 0.333. The van der Waals surface area contributed by atoms with Gasteiger partial charge in [0, 0.05) is 20.0 Å². The first-order chi connectivity index (χ1) is 14.9. The molecule has 1 aliphatic heterocycles. The number of hydrogen-bond acceptors (Lipinski definition) is 7. The smallest absolute Gasteiger partial charge is 0.243 e. The molecule has 0 radical (unpaired) electrons. The van der Waals surface area contributed by atoms with E-state index in [1.165, 1.54) is 22.6 Å². The molecular weight excluding hydrogens is 438 g/mol. The van der Waals surface area contributed by atoms with Gasteiger partial charge in [-0.1, -0.05) is 29.5 Å². The Balaban J connectivity index is 1.62. The zero-order valence-electron chi connectivity index (χ0n) is 16.9. The van der Waals surface area contributed by atoms with E-state index >= 15 is 0 Å². The molecule has 0 spiro atoms. The molecule has 2 heterocycles. The van der Waals surface area contributed by atoms with Crippen molar-refractivity contribution in [3.05, 3.63) is 42.5 Å². The maximum absolute atomic E-state index is 13.2. The summed E-state index contributed by atoms with van der Waals surface area (Å²) >= 11 is 1.36. The predicted octanol–water partition coefficient (Wildman–Crippen LogP) is 2.69. The number of fused-ring (bicyclic) bond motifs is 1. The Morgan fingerprint density at radius 2 is 2.03 bits per heavy atom. The third-order valence-electron chi connectivity index (χ3n) is 4.93. The molecular formula is C21H23N3O5S2. The summed E-state index contributed by atoms with van der Waals surface area (Å²) in [6.07, 6.45) is 0.716. The van der Waals surface area contributed by atoms with Gasteiger partial charge in [0.05, 0.1) is 34.4 Å². The third-order valence-corrected chi connectivity index (χ3v) is 7.76. The van der Waals surface area contributed by atoms with Gasteiger partial charge < -0.3 is 15.2 Å². The van der Waals surface area contributed by atoms with Gasteiger partial charge in [-0.3, -0.25) is 4.79 Å². The molecule has 1 unspecified atom stereocenters. The highest BCUT2D eigenvalue weighted by molar-refractivity contribution is 7.89. The number of anilines is 1. The molecule has 2 aromatic carbocycles. The van der Waals surface area contributed by atoms with Gasteiger partial charge in [-0.15, -0.1) is 0 Å². The lowest BCUT2D eigenvalue weighted by Gasteiger charge is -2.21. The molecule has 8 nitrogen and oxygen atoms in total. The minimum absolute atomic E-state index is 0.0397. The van der Waals surface area contributed by atoms with Crippen molar-refractivity contribution >= 4 is 42.6 Å². The van der Waals surface area contributed by atoms with Crippen LogP contribution in [-0.4, -0.2) is 61.1 Å². The first-order valence-electron chi connectivity index (χ1n) is 9.88. The number of sulfonamides is 1. The van der Waals surface area contributed by atoms with Gasteiger partial charge in [-0.05, 0) is 41.8 Å². The summed E-state index contributed by atoms with van der Waals surface area (Å²) in [5.41, 5.74) is 2.37. The number of aliphatic hydroxyl groups excluding tert-OH is 1. The Morgan fingerprint density at radius 1 is 1.26 bits per heavy atom. The predicted molar refractivity (Wildman–Crippen MR) is 120 cm³/mol. The normalized spacial score (nSPS) is 16.0. The van der Waals surface area contributed by atoms with E-state index in [1.54, 1.807) is 18.2 Å². The van der Waals surface area contributed by atoms with E-state index in [1.807, 2.05) is 24.3 Å². The average Bonchev–Trinajstić information content (AvgIpc) is 3.48. The molecule has 0 bridgehead atoms. The van der Waals surface area contributed by atoms with E-state index in [-0.39, 0.29) is 30.1 Å². The average molecular weight is 462 g/mol. The summed E-state index contributed by atoms with van der Waals surface area (Å²) in [4.78, 5) is 15.8. The number of benzene rings is 2. The zero-order valence-corrected chi connectivity index (χ0v) is 18.6. The van der Waals surface area contributed by atoms with E-state index in [2.05, 4.69) is 10.3 Å². The van der Waals surface area contributed by atoms with Crippen LogP contribution in [0.3, 0.4) is 0 Å². The van der Waals surface area contributed by atoms with Gasteiger partial charge in [-0.2, -0.15) is 4.31 Å². The molecule has 10 heteroatoms. The molecule has 1 amide bonds. The van der Waals surface area contributed by atoms with Crippen LogP contribution in [0.5, 0.6) is 0 Å². The lowest BCUT2D eigenvalue weighted by atomic mass is 10.1. The van der Waals surface area contributed by atoms with Crippen LogP contribution in [0.1, 0.15) is 13.3 Å². The maximum Gasteiger partial charge on any atom is 0.243 e. The molecule has 31 heavy (non-hydrogen) atoms. The molecule has 1 saturated heterocycles. The number of amides is 1. The largest absolute Gasteiger partial charge is 0.395 e. The fourth-order valence-electron chi connectivity index (χ4n) is 3.28. The number of thiazole rings is 1. The first kappa shape index (κ1) is 21.8. The number of aliphatic hydroxyl groups is 1. The molecule has 0 saturated carbocycles. The van der Waals surface area contributed by atoms with Crippen LogP contribution in [0, 0.1) is 0 Å². The van der Waals surface area contributed by atoms with Crippen LogP contribution in [0.2, 0.25) is 0 Å². The molecule has 1 fully saturated rings. The lowest BCUT2D eigenvalue weighted by Crippen LogP contribution is -2.35. The third kappa shape index (κ3) is 5.10. The van der Waals surface area contributed by atoms with Gasteiger partial charge in [0.2, 0.25) is 15.9 Å². The topological polar surface area (TPSA) is 112 Å². The number of ether oxygens (including phenoxy) is 1. The highest BCUT2D eigenvalue weighted by Gasteiger charge is 2.28. The monoisotopic (exact) mass is 461 g/mol. The molecule has 1 aliphatic rings. The van der Waals surface area contributed by atoms with E-state index in [0.717, 1.165) is 21.3 Å². The van der Waals surface area contributed by atoms with Gasteiger partial charge in [0.1, 0.15) is 0 Å². The maximum atomic E-state index is 13.2. The van der Waals surface area contributed by atoms with E-state index in [9.17, 15) is 18.3 Å². The standard InChI is InChI=1S/C21H23N3O5S2/c1-14(26)22-21-23-19-6-5-16(12-20(19)30-21)15-3-2-4-18(11-15)31(27,28)24(9-10-25)8-7-17-13-29-17/h2-6,11-12,17,25H,7-10,13H2,1H3,(H,22,23,26). The summed E-state index contributed by atoms with van der Waals surface area (Å²) in [5, 5.41) is 12.6. The Morgan fingerprint density at radius 3 is 2.74 bits per heavy atom. The van der Waals surface area contributed by atoms with E-state index < -0.39 is 10.0 Å². The van der Waals surface area contributed by atoms with Gasteiger partial charge in [0.25, 0.3) is 0 Å². The van der Waals surface area contributed by atoms with Crippen LogP contribution in [0.4, 0.5) is 5.13 Å². The summed E-state index contributed by atoms with van der Waals surface area (Å²) in [7, 11) is -3.75. The van der Waals surface area contributed by atoms with Crippen LogP contribution in [0.15, 0.2) is 47.4 Å². The Kier molecular flexibility index (Phi) is 6.35. The Bertz CT molecular complexity index is 1200. The van der Waals surface area contributed by atoms with Crippen molar-refractivity contribution in [1.82, 2.24) is 9.29 Å². The minimum atomic E-state index is -3.75. The Hall–Kier alpha value is -2.37. The van der Waals surface area contributed by atoms with E-state index in [4.69, 9.17) is 4.74 Å². The first-order valence-corrected chi connectivity index (χ1v) is 12.1. The molecule has 4 rings (SSSR count). The quantitative estimate of drug-likeness (QED) is 0.474. The number of hydrogen-bond donors (Lipinski definition) is 2. The Labute approximate surface area is 184 Å². The number of nitrogens with zero attached hydrogens (tertiary/aromatic N) is 2. The minimum Gasteiger partial charge on any atom is -0.395 e. The van der Waals surface area contributed by atoms with Gasteiger partial charge in [-0.25, -0.2) is 13.4 Å². The van der Waals surface area contributed by atoms with Crippen molar-refractivity contribution in [2.45, 2.75) is 24.3 Å². The summed E-state index contributed by atoms with van der Waals surface area (Å²) in [6, 6.07) is 12.4. The second kappa shape index (κ2) is 9.01. The zero-order chi connectivity index (χ0) is 22.0. The van der Waals surface area contributed by atoms with Crippen molar-refractivity contribution in [2.75, 3.05) is 31.6 Å². The number of rotatable bonds is 9. The fourth-order valence-corrected chi connectivity index (χ4v) is 5.72. The van der Waals surface area contributed by atoms with Crippen molar-refractivity contribution < 1.29 is 23.1 Å². The van der Waals surface area contributed by atoms with E-state index in [0.29, 0.717) is 24.7 Å². The molecule has 1 atom stereocenters. The van der Waals surface area contributed by atoms with Crippen molar-refractivity contribution in [3.63, 3.8) is 0 Å². The van der Waals surface area contributed by atoms with Crippen molar-refractivity contribution in [3.8, 4) is 11.1 Å². The number of aromatic nitrogens is 1. The van der Waals surface area contributed by atoms with Crippen molar-refractivity contribution in [2.24, 2.45) is 0 Å².